The van der Waals surface area contributed by atoms with E-state index < -0.39 is 0 Å². The highest BCUT2D eigenvalue weighted by atomic mass is 35.5. The van der Waals surface area contributed by atoms with Crippen LogP contribution in [0.1, 0.15) is 19.3 Å². The molecule has 0 spiro atoms. The number of hydrogen-bond acceptors (Lipinski definition) is 2. The Hall–Kier alpha value is -1.26. The molecule has 1 aromatic carbocycles. The minimum atomic E-state index is -0.331. The van der Waals surface area contributed by atoms with Crippen LogP contribution in [0.15, 0.2) is 18.2 Å². The van der Waals surface area contributed by atoms with Crippen LogP contribution in [0.5, 0.6) is 0 Å². The topological polar surface area (TPSA) is 40.6 Å². The van der Waals surface area contributed by atoms with Gasteiger partial charge in [-0.25, -0.2) is 0 Å². The summed E-state index contributed by atoms with van der Waals surface area (Å²) in [6.07, 6.45) is 1.95. The quantitative estimate of drug-likeness (QED) is 0.800. The summed E-state index contributed by atoms with van der Waals surface area (Å²) >= 11 is 12.0. The average Bonchev–Trinajstić information content (AvgIpc) is 2.82. The van der Waals surface area contributed by atoms with Crippen molar-refractivity contribution >= 4 is 40.7 Å². The van der Waals surface area contributed by atoms with Gasteiger partial charge in [-0.05, 0) is 31.0 Å². The van der Waals surface area contributed by atoms with Gasteiger partial charge in [-0.2, -0.15) is 0 Å². The number of hydrogen-bond donors (Lipinski definition) is 0. The molecule has 0 saturated carbocycles. The Morgan fingerprint density at radius 3 is 2.45 bits per heavy atom. The van der Waals surface area contributed by atoms with Gasteiger partial charge in [-0.15, -0.1) is 0 Å². The number of benzene rings is 1. The van der Waals surface area contributed by atoms with E-state index in [0.717, 1.165) is 12.8 Å². The van der Waals surface area contributed by atoms with Crippen LogP contribution in [-0.2, 0) is 9.59 Å². The van der Waals surface area contributed by atoms with Gasteiger partial charge < -0.3 is 9.80 Å². The molecule has 106 valence electrons. The van der Waals surface area contributed by atoms with E-state index in [-0.39, 0.29) is 17.9 Å². The maximum atomic E-state index is 12.6. The number of amides is 2. The monoisotopic (exact) mass is 312 g/mol. The van der Waals surface area contributed by atoms with E-state index in [9.17, 15) is 9.59 Å². The lowest BCUT2D eigenvalue weighted by atomic mass is 10.2. The van der Waals surface area contributed by atoms with Crippen molar-refractivity contribution in [3.05, 3.63) is 28.2 Å². The molecule has 0 bridgehead atoms. The van der Waals surface area contributed by atoms with Crippen LogP contribution >= 0.6 is 23.2 Å². The van der Waals surface area contributed by atoms with Crippen molar-refractivity contribution in [1.29, 1.82) is 0 Å². The third-order valence-electron chi connectivity index (χ3n) is 3.83. The fourth-order valence-corrected chi connectivity index (χ4v) is 3.43. The summed E-state index contributed by atoms with van der Waals surface area (Å²) in [6, 6.07) is 4.71. The summed E-state index contributed by atoms with van der Waals surface area (Å²) in [4.78, 5) is 28.0. The molecule has 1 unspecified atom stereocenters. The molecule has 6 heteroatoms. The molecular formula is C14H14Cl2N2O2. The van der Waals surface area contributed by atoms with Gasteiger partial charge in [0.05, 0.1) is 0 Å². The maximum absolute atomic E-state index is 12.6. The van der Waals surface area contributed by atoms with E-state index in [0.29, 0.717) is 35.2 Å². The fourth-order valence-electron chi connectivity index (χ4n) is 2.91. The van der Waals surface area contributed by atoms with E-state index in [1.165, 1.54) is 0 Å². The molecule has 2 heterocycles. The Balaban J connectivity index is 1.96. The minimum absolute atomic E-state index is 0.0355. The van der Waals surface area contributed by atoms with Crippen molar-refractivity contribution in [1.82, 2.24) is 4.90 Å². The van der Waals surface area contributed by atoms with Crippen molar-refractivity contribution < 1.29 is 9.59 Å². The van der Waals surface area contributed by atoms with Crippen molar-refractivity contribution in [2.75, 3.05) is 18.0 Å². The summed E-state index contributed by atoms with van der Waals surface area (Å²) in [7, 11) is 0. The summed E-state index contributed by atoms with van der Waals surface area (Å²) in [5.74, 6) is 0.0168. The second-order valence-electron chi connectivity index (χ2n) is 5.11. The summed E-state index contributed by atoms with van der Waals surface area (Å²) in [5.41, 5.74) is 0.661. The van der Waals surface area contributed by atoms with Gasteiger partial charge in [0.25, 0.3) is 0 Å². The van der Waals surface area contributed by atoms with Gasteiger partial charge in [-0.3, -0.25) is 9.59 Å². The Kier molecular flexibility index (Phi) is 3.61. The van der Waals surface area contributed by atoms with Crippen LogP contribution in [0, 0.1) is 0 Å². The molecule has 3 rings (SSSR count). The van der Waals surface area contributed by atoms with Gasteiger partial charge in [-0.1, -0.05) is 23.2 Å². The third-order valence-corrected chi connectivity index (χ3v) is 4.27. The second-order valence-corrected chi connectivity index (χ2v) is 5.99. The molecule has 2 aliphatic rings. The molecule has 2 aliphatic heterocycles. The fraction of sp³-hybridized carbons (Fsp3) is 0.429. The number of halogens is 2. The van der Waals surface area contributed by atoms with E-state index in [2.05, 4.69) is 0 Å². The predicted molar refractivity (Wildman–Crippen MR) is 78.2 cm³/mol. The van der Waals surface area contributed by atoms with Crippen molar-refractivity contribution in [3.8, 4) is 0 Å². The van der Waals surface area contributed by atoms with Crippen LogP contribution in [0.25, 0.3) is 0 Å². The molecule has 0 radical (unpaired) electrons. The zero-order valence-corrected chi connectivity index (χ0v) is 12.3. The first kappa shape index (κ1) is 13.7. The molecule has 1 aromatic rings. The van der Waals surface area contributed by atoms with Crippen molar-refractivity contribution in [2.45, 2.75) is 25.3 Å². The maximum Gasteiger partial charge on any atom is 0.249 e. The molecule has 0 aliphatic carbocycles. The molecule has 2 fully saturated rings. The summed E-state index contributed by atoms with van der Waals surface area (Å²) in [5, 5.41) is 0.971. The van der Waals surface area contributed by atoms with Crippen molar-refractivity contribution in [3.63, 3.8) is 0 Å². The first-order chi connectivity index (χ1) is 9.56. The summed E-state index contributed by atoms with van der Waals surface area (Å²) < 4.78 is 0. The van der Waals surface area contributed by atoms with Crippen LogP contribution in [-0.4, -0.2) is 35.8 Å². The number of carbonyl (C=O) groups is 2. The normalized spacial score (nSPS) is 23.0. The van der Waals surface area contributed by atoms with Crippen molar-refractivity contribution in [2.24, 2.45) is 0 Å². The first-order valence-corrected chi connectivity index (χ1v) is 7.39. The largest absolute Gasteiger partial charge is 0.331 e. The van der Waals surface area contributed by atoms with E-state index in [4.69, 9.17) is 23.2 Å². The third kappa shape index (κ3) is 2.38. The van der Waals surface area contributed by atoms with Crippen LogP contribution < -0.4 is 4.90 Å². The average molecular weight is 313 g/mol. The van der Waals surface area contributed by atoms with Gasteiger partial charge in [0.2, 0.25) is 11.8 Å². The lowest BCUT2D eigenvalue weighted by molar-refractivity contribution is -0.135. The SMILES string of the molecule is O=C1C2CCCN2C(=O)CCN1c1cc(Cl)cc(Cl)c1. The number of nitrogens with zero attached hydrogens (tertiary/aromatic N) is 2. The van der Waals surface area contributed by atoms with Gasteiger partial charge in [0.1, 0.15) is 6.04 Å². The van der Waals surface area contributed by atoms with Crippen LogP contribution in [0.4, 0.5) is 5.69 Å². The minimum Gasteiger partial charge on any atom is -0.331 e. The number of rotatable bonds is 1. The Bertz CT molecular complexity index is 556. The first-order valence-electron chi connectivity index (χ1n) is 6.63. The molecule has 1 atom stereocenters. The van der Waals surface area contributed by atoms with Crippen LogP contribution in [0.2, 0.25) is 10.0 Å². The van der Waals surface area contributed by atoms with E-state index in [1.807, 2.05) is 0 Å². The molecule has 20 heavy (non-hydrogen) atoms. The highest BCUT2D eigenvalue weighted by molar-refractivity contribution is 6.35. The molecule has 0 aromatic heterocycles. The number of fused-ring (bicyclic) bond motifs is 1. The predicted octanol–water partition coefficient (Wildman–Crippen LogP) is 2.72. The van der Waals surface area contributed by atoms with Gasteiger partial charge in [0.15, 0.2) is 0 Å². The molecule has 2 amide bonds. The number of anilines is 1. The Morgan fingerprint density at radius 1 is 1.05 bits per heavy atom. The Labute approximate surface area is 127 Å². The zero-order chi connectivity index (χ0) is 14.3. The molecular weight excluding hydrogens is 299 g/mol. The molecule has 4 nitrogen and oxygen atoms in total. The zero-order valence-electron chi connectivity index (χ0n) is 10.8. The summed E-state index contributed by atoms with van der Waals surface area (Å²) in [6.45, 7) is 1.06. The second kappa shape index (κ2) is 5.26. The van der Waals surface area contributed by atoms with E-state index >= 15 is 0 Å². The Morgan fingerprint density at radius 2 is 1.75 bits per heavy atom. The van der Waals surface area contributed by atoms with E-state index in [1.54, 1.807) is 28.0 Å². The smallest absolute Gasteiger partial charge is 0.249 e. The number of carbonyl (C=O) groups excluding carboxylic acids is 2. The standard InChI is InChI=1S/C14H14Cl2N2O2/c15-9-6-10(16)8-11(7-9)17-5-3-13(19)18-4-1-2-12(18)14(17)20/h6-8,12H,1-5H2. The molecule has 2 saturated heterocycles. The van der Waals surface area contributed by atoms with Crippen LogP contribution in [0.3, 0.4) is 0 Å². The van der Waals surface area contributed by atoms with Gasteiger partial charge >= 0.3 is 0 Å². The highest BCUT2D eigenvalue weighted by Gasteiger charge is 2.39. The lowest BCUT2D eigenvalue weighted by Gasteiger charge is -2.25. The molecule has 0 N–H and O–H groups in total. The van der Waals surface area contributed by atoms with Gasteiger partial charge in [0, 0.05) is 35.2 Å². The lowest BCUT2D eigenvalue weighted by Crippen LogP contribution is -2.43. The highest BCUT2D eigenvalue weighted by Crippen LogP contribution is 2.30.